The number of benzene rings is 2. The van der Waals surface area contributed by atoms with Crippen LogP contribution < -0.4 is 15.6 Å². The lowest BCUT2D eigenvalue weighted by Gasteiger charge is -2.11. The van der Waals surface area contributed by atoms with Gasteiger partial charge in [0.25, 0.3) is 5.56 Å². The van der Waals surface area contributed by atoms with E-state index in [9.17, 15) is 4.79 Å². The maximum Gasteiger partial charge on any atom is 0.253 e. The molecule has 4 nitrogen and oxygen atoms in total. The van der Waals surface area contributed by atoms with E-state index >= 15 is 0 Å². The molecule has 25 heavy (non-hydrogen) atoms. The monoisotopic (exact) mass is 336 g/mol. The SMILES string of the molecule is CCc1cccc2cc(CNc3ccc(OC(C)C)cc3)c(=O)[nH]c12. The van der Waals surface area contributed by atoms with Crippen molar-refractivity contribution in [2.75, 3.05) is 5.32 Å². The highest BCUT2D eigenvalue weighted by molar-refractivity contribution is 5.82. The van der Waals surface area contributed by atoms with Crippen molar-refractivity contribution in [3.63, 3.8) is 0 Å². The summed E-state index contributed by atoms with van der Waals surface area (Å²) in [5.74, 6) is 0.844. The zero-order chi connectivity index (χ0) is 17.8. The van der Waals surface area contributed by atoms with Crippen molar-refractivity contribution < 1.29 is 4.74 Å². The molecule has 3 rings (SSSR count). The topological polar surface area (TPSA) is 54.1 Å². The summed E-state index contributed by atoms with van der Waals surface area (Å²) in [6.07, 6.45) is 1.05. The Morgan fingerprint density at radius 1 is 1.08 bits per heavy atom. The molecular formula is C21H24N2O2. The van der Waals surface area contributed by atoms with Crippen LogP contribution in [0.2, 0.25) is 0 Å². The lowest BCUT2D eigenvalue weighted by atomic mass is 10.1. The highest BCUT2D eigenvalue weighted by Gasteiger charge is 2.06. The van der Waals surface area contributed by atoms with Crippen LogP contribution in [0, 0.1) is 0 Å². The molecule has 2 aromatic carbocycles. The normalized spacial score (nSPS) is 11.0. The van der Waals surface area contributed by atoms with Gasteiger partial charge in [0.1, 0.15) is 5.75 Å². The van der Waals surface area contributed by atoms with Gasteiger partial charge in [0.05, 0.1) is 11.6 Å². The predicted molar refractivity (Wildman–Crippen MR) is 103 cm³/mol. The first-order valence-corrected chi connectivity index (χ1v) is 8.71. The van der Waals surface area contributed by atoms with E-state index in [1.165, 1.54) is 0 Å². The Balaban J connectivity index is 1.77. The van der Waals surface area contributed by atoms with Crippen molar-refractivity contribution in [3.8, 4) is 5.75 Å². The molecule has 0 radical (unpaired) electrons. The standard InChI is InChI=1S/C21H24N2O2/c1-4-15-6-5-7-16-12-17(21(24)23-20(15)16)13-22-18-8-10-19(11-9-18)25-14(2)3/h5-12,14,22H,4,13H2,1-3H3,(H,23,24). The fraction of sp³-hybridized carbons (Fsp3) is 0.286. The Morgan fingerprint density at radius 3 is 2.52 bits per heavy atom. The van der Waals surface area contributed by atoms with Gasteiger partial charge in [-0.25, -0.2) is 0 Å². The van der Waals surface area contributed by atoms with Crippen LogP contribution in [0.5, 0.6) is 5.75 Å². The number of para-hydroxylation sites is 1. The molecule has 0 aliphatic heterocycles. The second-order valence-electron chi connectivity index (χ2n) is 6.40. The number of fused-ring (bicyclic) bond motifs is 1. The average Bonchev–Trinajstić information content (AvgIpc) is 2.60. The molecule has 2 N–H and O–H groups in total. The van der Waals surface area contributed by atoms with Crippen LogP contribution in [0.3, 0.4) is 0 Å². The van der Waals surface area contributed by atoms with E-state index in [-0.39, 0.29) is 11.7 Å². The molecule has 0 fully saturated rings. The summed E-state index contributed by atoms with van der Waals surface area (Å²) < 4.78 is 5.64. The third-order valence-electron chi connectivity index (χ3n) is 4.13. The molecule has 0 saturated carbocycles. The largest absolute Gasteiger partial charge is 0.491 e. The number of aromatic amines is 1. The fourth-order valence-electron chi connectivity index (χ4n) is 2.89. The third kappa shape index (κ3) is 4.02. The Morgan fingerprint density at radius 2 is 1.84 bits per heavy atom. The van der Waals surface area contributed by atoms with Gasteiger partial charge in [-0.3, -0.25) is 4.79 Å². The second kappa shape index (κ2) is 7.43. The van der Waals surface area contributed by atoms with Gasteiger partial charge in [-0.2, -0.15) is 0 Å². The molecule has 130 valence electrons. The van der Waals surface area contributed by atoms with Crippen molar-refractivity contribution in [3.05, 3.63) is 70.0 Å². The molecule has 0 saturated heterocycles. The van der Waals surface area contributed by atoms with Gasteiger partial charge in [-0.1, -0.05) is 25.1 Å². The van der Waals surface area contributed by atoms with Crippen molar-refractivity contribution in [2.24, 2.45) is 0 Å². The molecule has 3 aromatic rings. The number of ether oxygens (including phenoxy) is 1. The van der Waals surface area contributed by atoms with Crippen LogP contribution in [0.25, 0.3) is 10.9 Å². The van der Waals surface area contributed by atoms with Gasteiger partial charge in [-0.15, -0.1) is 0 Å². The Kier molecular flexibility index (Phi) is 5.08. The maximum absolute atomic E-state index is 12.4. The summed E-state index contributed by atoms with van der Waals surface area (Å²) in [5.41, 5.74) is 3.74. The van der Waals surface area contributed by atoms with Crippen LogP contribution in [0.15, 0.2) is 53.3 Å². The Labute approximate surface area is 147 Å². The van der Waals surface area contributed by atoms with Gasteiger partial charge in [0.2, 0.25) is 0 Å². The molecule has 0 atom stereocenters. The molecule has 4 heteroatoms. The molecule has 0 spiro atoms. The molecule has 0 aliphatic carbocycles. The number of hydrogen-bond donors (Lipinski definition) is 2. The van der Waals surface area contributed by atoms with Crippen LogP contribution >= 0.6 is 0 Å². The predicted octanol–water partition coefficient (Wildman–Crippen LogP) is 4.49. The van der Waals surface area contributed by atoms with Crippen LogP contribution in [0.4, 0.5) is 5.69 Å². The zero-order valence-corrected chi connectivity index (χ0v) is 14.9. The van der Waals surface area contributed by atoms with E-state index in [2.05, 4.69) is 23.3 Å². The minimum Gasteiger partial charge on any atom is -0.491 e. The minimum atomic E-state index is -0.0411. The van der Waals surface area contributed by atoms with E-state index in [0.29, 0.717) is 6.54 Å². The smallest absolute Gasteiger partial charge is 0.253 e. The van der Waals surface area contributed by atoms with Gasteiger partial charge in [0.15, 0.2) is 0 Å². The third-order valence-corrected chi connectivity index (χ3v) is 4.13. The summed E-state index contributed by atoms with van der Waals surface area (Å²) in [6.45, 7) is 6.57. The van der Waals surface area contributed by atoms with Gasteiger partial charge >= 0.3 is 0 Å². The first-order valence-electron chi connectivity index (χ1n) is 8.71. The minimum absolute atomic E-state index is 0.0411. The van der Waals surface area contributed by atoms with Crippen molar-refractivity contribution in [2.45, 2.75) is 39.8 Å². The molecule has 0 bridgehead atoms. The van der Waals surface area contributed by atoms with Crippen molar-refractivity contribution >= 4 is 16.6 Å². The van der Waals surface area contributed by atoms with Gasteiger partial charge < -0.3 is 15.0 Å². The first kappa shape index (κ1) is 17.1. The lowest BCUT2D eigenvalue weighted by molar-refractivity contribution is 0.242. The zero-order valence-electron chi connectivity index (χ0n) is 14.9. The van der Waals surface area contributed by atoms with Gasteiger partial charge in [-0.05, 0) is 61.5 Å². The second-order valence-corrected chi connectivity index (χ2v) is 6.40. The lowest BCUT2D eigenvalue weighted by Crippen LogP contribution is -2.16. The van der Waals surface area contributed by atoms with E-state index in [1.54, 1.807) is 0 Å². The van der Waals surface area contributed by atoms with E-state index in [1.807, 2.05) is 56.3 Å². The molecule has 1 aromatic heterocycles. The van der Waals surface area contributed by atoms with Crippen LogP contribution in [-0.4, -0.2) is 11.1 Å². The fourth-order valence-corrected chi connectivity index (χ4v) is 2.89. The highest BCUT2D eigenvalue weighted by atomic mass is 16.5. The molecular weight excluding hydrogens is 312 g/mol. The molecule has 0 unspecified atom stereocenters. The number of pyridine rings is 1. The number of hydrogen-bond acceptors (Lipinski definition) is 3. The summed E-state index contributed by atoms with van der Waals surface area (Å²) >= 11 is 0. The molecule has 0 aliphatic rings. The number of rotatable bonds is 6. The Hall–Kier alpha value is -2.75. The molecule has 1 heterocycles. The number of H-pyrrole nitrogens is 1. The van der Waals surface area contributed by atoms with E-state index < -0.39 is 0 Å². The summed E-state index contributed by atoms with van der Waals surface area (Å²) in [7, 11) is 0. The van der Waals surface area contributed by atoms with Gasteiger partial charge in [0, 0.05) is 17.8 Å². The summed E-state index contributed by atoms with van der Waals surface area (Å²) in [6, 6.07) is 15.9. The number of nitrogens with one attached hydrogen (secondary N) is 2. The summed E-state index contributed by atoms with van der Waals surface area (Å²) in [4.78, 5) is 15.4. The quantitative estimate of drug-likeness (QED) is 0.697. The number of aromatic nitrogens is 1. The Bertz CT molecular complexity index is 911. The summed E-state index contributed by atoms with van der Waals surface area (Å²) in [5, 5.41) is 4.37. The first-order chi connectivity index (χ1) is 12.1. The highest BCUT2D eigenvalue weighted by Crippen LogP contribution is 2.19. The van der Waals surface area contributed by atoms with E-state index in [0.717, 1.165) is 39.9 Å². The van der Waals surface area contributed by atoms with Crippen LogP contribution in [-0.2, 0) is 13.0 Å². The van der Waals surface area contributed by atoms with E-state index in [4.69, 9.17) is 4.74 Å². The number of anilines is 1. The number of aryl methyl sites for hydroxylation is 1. The van der Waals surface area contributed by atoms with Crippen LogP contribution in [0.1, 0.15) is 31.9 Å². The average molecular weight is 336 g/mol. The van der Waals surface area contributed by atoms with Crippen molar-refractivity contribution in [1.29, 1.82) is 0 Å². The van der Waals surface area contributed by atoms with Crippen molar-refractivity contribution in [1.82, 2.24) is 4.98 Å². The maximum atomic E-state index is 12.4. The molecule has 0 amide bonds.